The third-order valence-corrected chi connectivity index (χ3v) is 3.07. The number of halogens is 1. The molecule has 0 aliphatic heterocycles. The molecule has 0 spiro atoms. The molecule has 12 heavy (non-hydrogen) atoms. The molecule has 1 N–H and O–H groups in total. The van der Waals surface area contributed by atoms with Gasteiger partial charge >= 0.3 is 5.97 Å². The second-order valence-corrected chi connectivity index (χ2v) is 4.19. The summed E-state index contributed by atoms with van der Waals surface area (Å²) >= 11 is 3.56. The molecular formula is C8H7IO2S. The number of hydrogen-bond acceptors (Lipinski definition) is 2. The minimum absolute atomic E-state index is 0.377. The maximum Gasteiger partial charge on any atom is 0.336 e. The first-order chi connectivity index (χ1) is 5.65. The number of aromatic carboxylic acids is 1. The van der Waals surface area contributed by atoms with Crippen LogP contribution < -0.4 is 0 Å². The Bertz CT molecular complexity index is 312. The number of thioether (sulfide) groups is 1. The topological polar surface area (TPSA) is 37.3 Å². The van der Waals surface area contributed by atoms with Gasteiger partial charge in [-0.05, 0) is 47.0 Å². The van der Waals surface area contributed by atoms with Crippen molar-refractivity contribution in [3.63, 3.8) is 0 Å². The van der Waals surface area contributed by atoms with Crippen molar-refractivity contribution in [1.82, 2.24) is 0 Å². The Kier molecular flexibility index (Phi) is 3.39. The van der Waals surface area contributed by atoms with Crippen LogP contribution in [0.2, 0.25) is 0 Å². The van der Waals surface area contributed by atoms with Gasteiger partial charge in [0.25, 0.3) is 0 Å². The van der Waals surface area contributed by atoms with Gasteiger partial charge < -0.3 is 5.11 Å². The van der Waals surface area contributed by atoms with Crippen molar-refractivity contribution in [2.45, 2.75) is 4.90 Å². The van der Waals surface area contributed by atoms with E-state index in [0.717, 1.165) is 8.47 Å². The normalized spacial score (nSPS) is 9.83. The summed E-state index contributed by atoms with van der Waals surface area (Å²) in [5.41, 5.74) is 0.377. The number of hydrogen-bond donors (Lipinski definition) is 1. The number of carboxylic acids is 1. The van der Waals surface area contributed by atoms with Gasteiger partial charge in [0.15, 0.2) is 0 Å². The van der Waals surface area contributed by atoms with Gasteiger partial charge in [-0.2, -0.15) is 0 Å². The van der Waals surface area contributed by atoms with Gasteiger partial charge in [-0.3, -0.25) is 0 Å². The van der Waals surface area contributed by atoms with Gasteiger partial charge in [-0.15, -0.1) is 11.8 Å². The molecule has 64 valence electrons. The Morgan fingerprint density at radius 3 is 2.75 bits per heavy atom. The van der Waals surface area contributed by atoms with E-state index < -0.39 is 5.97 Å². The highest BCUT2D eigenvalue weighted by Crippen LogP contribution is 2.20. The molecule has 0 amide bonds. The predicted molar refractivity (Wildman–Crippen MR) is 57.9 cm³/mol. The van der Waals surface area contributed by atoms with Gasteiger partial charge in [0.1, 0.15) is 0 Å². The summed E-state index contributed by atoms with van der Waals surface area (Å²) in [6, 6.07) is 5.42. The Morgan fingerprint density at radius 2 is 2.25 bits per heavy atom. The summed E-state index contributed by atoms with van der Waals surface area (Å²) in [6.45, 7) is 0. The zero-order chi connectivity index (χ0) is 9.14. The van der Waals surface area contributed by atoms with Crippen molar-refractivity contribution in [2.75, 3.05) is 6.26 Å². The van der Waals surface area contributed by atoms with Crippen LogP contribution in [-0.2, 0) is 0 Å². The lowest BCUT2D eigenvalue weighted by atomic mass is 10.2. The summed E-state index contributed by atoms with van der Waals surface area (Å²) in [4.78, 5) is 11.7. The van der Waals surface area contributed by atoms with Crippen LogP contribution in [-0.4, -0.2) is 17.3 Å². The van der Waals surface area contributed by atoms with Gasteiger partial charge in [0, 0.05) is 8.47 Å². The largest absolute Gasteiger partial charge is 0.478 e. The van der Waals surface area contributed by atoms with Crippen LogP contribution in [0.1, 0.15) is 10.4 Å². The lowest BCUT2D eigenvalue weighted by molar-refractivity contribution is 0.0695. The van der Waals surface area contributed by atoms with Crippen molar-refractivity contribution in [3.05, 3.63) is 27.3 Å². The highest BCUT2D eigenvalue weighted by atomic mass is 127. The number of rotatable bonds is 2. The molecule has 2 nitrogen and oxygen atoms in total. The molecule has 0 saturated heterocycles. The molecule has 1 rings (SSSR count). The molecular weight excluding hydrogens is 287 g/mol. The van der Waals surface area contributed by atoms with E-state index in [4.69, 9.17) is 5.11 Å². The van der Waals surface area contributed by atoms with E-state index in [2.05, 4.69) is 0 Å². The smallest absolute Gasteiger partial charge is 0.336 e. The van der Waals surface area contributed by atoms with Gasteiger partial charge in [0.05, 0.1) is 5.56 Å². The number of carbonyl (C=O) groups is 1. The third kappa shape index (κ3) is 2.13. The Labute approximate surface area is 88.5 Å². The highest BCUT2D eigenvalue weighted by Gasteiger charge is 2.07. The van der Waals surface area contributed by atoms with E-state index >= 15 is 0 Å². The molecule has 0 atom stereocenters. The van der Waals surface area contributed by atoms with Gasteiger partial charge in [-0.25, -0.2) is 4.79 Å². The van der Waals surface area contributed by atoms with E-state index in [-0.39, 0.29) is 0 Å². The fourth-order valence-electron chi connectivity index (χ4n) is 0.795. The molecule has 4 heteroatoms. The van der Waals surface area contributed by atoms with E-state index in [0.29, 0.717) is 5.56 Å². The average Bonchev–Trinajstić information content (AvgIpc) is 2.05. The highest BCUT2D eigenvalue weighted by molar-refractivity contribution is 14.1. The first kappa shape index (κ1) is 9.85. The average molecular weight is 294 g/mol. The van der Waals surface area contributed by atoms with Crippen molar-refractivity contribution in [3.8, 4) is 0 Å². The molecule has 0 saturated carbocycles. The van der Waals surface area contributed by atoms with Crippen molar-refractivity contribution < 1.29 is 9.90 Å². The first-order valence-corrected chi connectivity index (χ1v) is 5.52. The van der Waals surface area contributed by atoms with Crippen LogP contribution in [0.25, 0.3) is 0 Å². The Hall–Kier alpha value is -0.230. The maximum atomic E-state index is 10.7. The van der Waals surface area contributed by atoms with E-state index in [9.17, 15) is 4.79 Å². The first-order valence-electron chi connectivity index (χ1n) is 3.22. The van der Waals surface area contributed by atoms with Crippen molar-refractivity contribution >= 4 is 40.3 Å². The SMILES string of the molecule is CSc1ccc(I)c(C(=O)O)c1. The summed E-state index contributed by atoms with van der Waals surface area (Å²) < 4.78 is 0.776. The fraction of sp³-hybridized carbons (Fsp3) is 0.125. The summed E-state index contributed by atoms with van der Waals surface area (Å²) in [5, 5.41) is 8.77. The standard InChI is InChI=1S/C8H7IO2S/c1-12-5-2-3-7(9)6(4-5)8(10)11/h2-4H,1H3,(H,10,11). The molecule has 1 aromatic carbocycles. The minimum Gasteiger partial charge on any atom is -0.478 e. The van der Waals surface area contributed by atoms with Crippen LogP contribution in [0.3, 0.4) is 0 Å². The second kappa shape index (κ2) is 4.13. The fourth-order valence-corrected chi connectivity index (χ4v) is 1.80. The number of carboxylic acid groups (broad SMARTS) is 1. The lowest BCUT2D eigenvalue weighted by Crippen LogP contribution is -1.99. The van der Waals surface area contributed by atoms with Crippen LogP contribution in [0.15, 0.2) is 23.1 Å². The zero-order valence-corrected chi connectivity index (χ0v) is 9.35. The molecule has 0 aromatic heterocycles. The van der Waals surface area contributed by atoms with Crippen LogP contribution >= 0.6 is 34.4 Å². The molecule has 0 heterocycles. The van der Waals surface area contributed by atoms with E-state index in [1.54, 1.807) is 17.8 Å². The molecule has 0 unspecified atom stereocenters. The molecule has 0 radical (unpaired) electrons. The van der Waals surface area contributed by atoms with Crippen molar-refractivity contribution in [1.29, 1.82) is 0 Å². The monoisotopic (exact) mass is 294 g/mol. The zero-order valence-electron chi connectivity index (χ0n) is 6.37. The number of benzene rings is 1. The summed E-state index contributed by atoms with van der Waals surface area (Å²) in [5.74, 6) is -0.865. The minimum atomic E-state index is -0.865. The van der Waals surface area contributed by atoms with Gasteiger partial charge in [0.2, 0.25) is 0 Å². The molecule has 0 fully saturated rings. The molecule has 0 aliphatic rings. The van der Waals surface area contributed by atoms with Crippen LogP contribution in [0.4, 0.5) is 0 Å². The lowest BCUT2D eigenvalue weighted by Gasteiger charge is -2.00. The quantitative estimate of drug-likeness (QED) is 0.673. The van der Waals surface area contributed by atoms with Crippen LogP contribution in [0.5, 0.6) is 0 Å². The summed E-state index contributed by atoms with van der Waals surface area (Å²) in [7, 11) is 0. The predicted octanol–water partition coefficient (Wildman–Crippen LogP) is 2.71. The Balaban J connectivity index is 3.17. The maximum absolute atomic E-state index is 10.7. The van der Waals surface area contributed by atoms with Crippen molar-refractivity contribution in [2.24, 2.45) is 0 Å². The Morgan fingerprint density at radius 1 is 1.58 bits per heavy atom. The second-order valence-electron chi connectivity index (χ2n) is 2.15. The third-order valence-electron chi connectivity index (χ3n) is 1.40. The van der Waals surface area contributed by atoms with Gasteiger partial charge in [-0.1, -0.05) is 0 Å². The van der Waals surface area contributed by atoms with E-state index in [1.807, 2.05) is 41.0 Å². The molecule has 0 aliphatic carbocycles. The molecule has 0 bridgehead atoms. The van der Waals surface area contributed by atoms with E-state index in [1.165, 1.54) is 0 Å². The summed E-state index contributed by atoms with van der Waals surface area (Å²) in [6.07, 6.45) is 1.92. The molecule has 1 aromatic rings. The van der Waals surface area contributed by atoms with Crippen LogP contribution in [0, 0.1) is 3.57 Å².